The average molecular weight is 302 g/mol. The molecule has 0 unspecified atom stereocenters. The number of hydrogen-bond donors (Lipinski definition) is 2. The normalized spacial score (nSPS) is 11.5. The summed E-state index contributed by atoms with van der Waals surface area (Å²) in [6, 6.07) is 0. The number of nitrogens with zero attached hydrogens (tertiary/aromatic N) is 1. The highest BCUT2D eigenvalue weighted by Gasteiger charge is 2.11. The predicted molar refractivity (Wildman–Crippen MR) is 70.3 cm³/mol. The van der Waals surface area contributed by atoms with Crippen LogP contribution in [0.2, 0.25) is 0 Å². The first-order valence-electron chi connectivity index (χ1n) is 5.00. The molecule has 0 radical (unpaired) electrons. The van der Waals surface area contributed by atoms with Crippen LogP contribution in [-0.2, 0) is 6.54 Å². The van der Waals surface area contributed by atoms with E-state index in [0.717, 1.165) is 16.5 Å². The molecule has 2 aromatic rings. The number of H-pyrrole nitrogens is 2. The van der Waals surface area contributed by atoms with Crippen LogP contribution in [0.5, 0.6) is 0 Å². The molecule has 0 spiro atoms. The molecule has 2 heterocycles. The molecular weight excluding hydrogens is 290 g/mol. The third kappa shape index (κ3) is 1.87. The fourth-order valence-corrected chi connectivity index (χ4v) is 2.48. The second-order valence-electron chi connectivity index (χ2n) is 4.12. The first kappa shape index (κ1) is 11.6. The zero-order chi connectivity index (χ0) is 11.9. The first-order chi connectivity index (χ1) is 7.50. The van der Waals surface area contributed by atoms with Gasteiger partial charge in [0.15, 0.2) is 4.77 Å². The highest BCUT2D eigenvalue weighted by Crippen LogP contribution is 2.21. The Balaban J connectivity index is 2.85. The fraction of sp³-hybridized carbons (Fsp3) is 0.400. The lowest BCUT2D eigenvalue weighted by Crippen LogP contribution is -2.16. The first-order valence-corrected chi connectivity index (χ1v) is 6.20. The van der Waals surface area contributed by atoms with Gasteiger partial charge in [-0.1, -0.05) is 13.8 Å². The quantitative estimate of drug-likeness (QED) is 0.838. The molecule has 0 aliphatic heterocycles. The van der Waals surface area contributed by atoms with Gasteiger partial charge in [0, 0.05) is 12.7 Å². The maximum absolute atomic E-state index is 11.7. The smallest absolute Gasteiger partial charge is 0.276 e. The van der Waals surface area contributed by atoms with E-state index in [1.165, 1.54) is 0 Å². The molecule has 16 heavy (non-hydrogen) atoms. The topological polar surface area (TPSA) is 53.6 Å². The van der Waals surface area contributed by atoms with E-state index in [1.807, 2.05) is 4.57 Å². The van der Waals surface area contributed by atoms with Crippen LogP contribution >= 0.6 is 28.1 Å². The number of fused-ring (bicyclic) bond motifs is 1. The van der Waals surface area contributed by atoms with Crippen LogP contribution in [0.25, 0.3) is 11.0 Å². The molecule has 4 nitrogen and oxygen atoms in total. The van der Waals surface area contributed by atoms with Gasteiger partial charge in [-0.3, -0.25) is 9.78 Å². The van der Waals surface area contributed by atoms with E-state index in [9.17, 15) is 4.79 Å². The second kappa shape index (κ2) is 4.18. The lowest BCUT2D eigenvalue weighted by Gasteiger charge is -2.11. The number of aromatic amines is 2. The van der Waals surface area contributed by atoms with Gasteiger partial charge in [-0.05, 0) is 34.1 Å². The number of hydrogen-bond acceptors (Lipinski definition) is 2. The van der Waals surface area contributed by atoms with Crippen LogP contribution in [-0.4, -0.2) is 14.5 Å². The summed E-state index contributed by atoms with van der Waals surface area (Å²) in [5, 5.41) is 0. The standard InChI is InChI=1S/C10H12BrN3OS/c1-5(2)4-14-8-6(11)3-12-7(8)9(15)13-10(14)16/h3,5,12H,4H2,1-2H3,(H,13,15,16). The van der Waals surface area contributed by atoms with Crippen LogP contribution in [0.3, 0.4) is 0 Å². The second-order valence-corrected chi connectivity index (χ2v) is 5.36. The van der Waals surface area contributed by atoms with Crippen molar-refractivity contribution in [2.24, 2.45) is 5.92 Å². The third-order valence-corrected chi connectivity index (χ3v) is 3.24. The van der Waals surface area contributed by atoms with Gasteiger partial charge in [0.1, 0.15) is 5.52 Å². The Hall–Kier alpha value is -0.880. The zero-order valence-electron chi connectivity index (χ0n) is 9.00. The molecule has 0 atom stereocenters. The molecule has 0 saturated heterocycles. The van der Waals surface area contributed by atoms with E-state index in [4.69, 9.17) is 12.2 Å². The summed E-state index contributed by atoms with van der Waals surface area (Å²) < 4.78 is 3.27. The largest absolute Gasteiger partial charge is 0.354 e. The maximum Gasteiger partial charge on any atom is 0.276 e. The number of rotatable bonds is 2. The van der Waals surface area contributed by atoms with E-state index < -0.39 is 0 Å². The Labute approximate surface area is 106 Å². The molecule has 0 fully saturated rings. The Morgan fingerprint density at radius 1 is 1.56 bits per heavy atom. The molecule has 2 N–H and O–H groups in total. The van der Waals surface area contributed by atoms with Gasteiger partial charge in [0.25, 0.3) is 5.56 Å². The SMILES string of the molecule is CC(C)Cn1c(=S)[nH]c(=O)c2[nH]cc(Br)c21. The van der Waals surface area contributed by atoms with E-state index in [2.05, 4.69) is 39.7 Å². The Morgan fingerprint density at radius 2 is 2.25 bits per heavy atom. The van der Waals surface area contributed by atoms with Crippen molar-refractivity contribution >= 4 is 39.2 Å². The van der Waals surface area contributed by atoms with E-state index in [-0.39, 0.29) is 5.56 Å². The summed E-state index contributed by atoms with van der Waals surface area (Å²) in [6.07, 6.45) is 1.76. The van der Waals surface area contributed by atoms with Crippen LogP contribution in [0.1, 0.15) is 13.8 Å². The fourth-order valence-electron chi connectivity index (χ4n) is 1.70. The van der Waals surface area contributed by atoms with E-state index in [1.54, 1.807) is 6.20 Å². The molecule has 0 amide bonds. The summed E-state index contributed by atoms with van der Waals surface area (Å²) in [5.41, 5.74) is 1.22. The number of nitrogens with one attached hydrogen (secondary N) is 2. The minimum Gasteiger partial charge on any atom is -0.354 e. The Kier molecular flexibility index (Phi) is 3.03. The van der Waals surface area contributed by atoms with Gasteiger partial charge in [-0.15, -0.1) is 0 Å². The summed E-state index contributed by atoms with van der Waals surface area (Å²) in [6.45, 7) is 5.00. The van der Waals surface area contributed by atoms with Gasteiger partial charge < -0.3 is 9.55 Å². The molecular formula is C10H12BrN3OS. The molecule has 0 aliphatic carbocycles. The van der Waals surface area contributed by atoms with Gasteiger partial charge in [0.05, 0.1) is 9.99 Å². The average Bonchev–Trinajstić information content (AvgIpc) is 2.55. The van der Waals surface area contributed by atoms with Crippen molar-refractivity contribution in [2.75, 3.05) is 0 Å². The summed E-state index contributed by atoms with van der Waals surface area (Å²) in [4.78, 5) is 17.3. The van der Waals surface area contributed by atoms with Crippen LogP contribution < -0.4 is 5.56 Å². The van der Waals surface area contributed by atoms with Crippen molar-refractivity contribution in [3.05, 3.63) is 25.8 Å². The molecule has 2 rings (SSSR count). The van der Waals surface area contributed by atoms with E-state index in [0.29, 0.717) is 16.2 Å². The molecule has 86 valence electrons. The van der Waals surface area contributed by atoms with Crippen LogP contribution in [0.15, 0.2) is 15.5 Å². The Morgan fingerprint density at radius 3 is 2.88 bits per heavy atom. The Bertz CT molecular complexity index is 638. The molecule has 0 aliphatic rings. The molecule has 0 aromatic carbocycles. The number of aromatic nitrogens is 3. The van der Waals surface area contributed by atoms with Crippen molar-refractivity contribution < 1.29 is 0 Å². The van der Waals surface area contributed by atoms with Crippen molar-refractivity contribution in [3.63, 3.8) is 0 Å². The minimum absolute atomic E-state index is 0.175. The van der Waals surface area contributed by atoms with Crippen molar-refractivity contribution in [1.29, 1.82) is 0 Å². The highest BCUT2D eigenvalue weighted by molar-refractivity contribution is 9.10. The van der Waals surface area contributed by atoms with Gasteiger partial charge >= 0.3 is 0 Å². The minimum atomic E-state index is -0.175. The molecule has 0 saturated carbocycles. The zero-order valence-corrected chi connectivity index (χ0v) is 11.4. The van der Waals surface area contributed by atoms with Crippen molar-refractivity contribution in [2.45, 2.75) is 20.4 Å². The molecule has 6 heteroatoms. The van der Waals surface area contributed by atoms with Crippen LogP contribution in [0.4, 0.5) is 0 Å². The van der Waals surface area contributed by atoms with Gasteiger partial charge in [-0.2, -0.15) is 0 Å². The lowest BCUT2D eigenvalue weighted by atomic mass is 10.2. The van der Waals surface area contributed by atoms with Crippen molar-refractivity contribution in [1.82, 2.24) is 14.5 Å². The van der Waals surface area contributed by atoms with Crippen LogP contribution in [0, 0.1) is 10.7 Å². The predicted octanol–water partition coefficient (Wildman–Crippen LogP) is 2.81. The van der Waals surface area contributed by atoms with Gasteiger partial charge in [0.2, 0.25) is 0 Å². The highest BCUT2D eigenvalue weighted by atomic mass is 79.9. The maximum atomic E-state index is 11.7. The van der Waals surface area contributed by atoms with E-state index >= 15 is 0 Å². The van der Waals surface area contributed by atoms with Crippen molar-refractivity contribution in [3.8, 4) is 0 Å². The third-order valence-electron chi connectivity index (χ3n) is 2.32. The molecule has 2 aromatic heterocycles. The summed E-state index contributed by atoms with van der Waals surface area (Å²) in [7, 11) is 0. The number of halogens is 1. The molecule has 0 bridgehead atoms. The summed E-state index contributed by atoms with van der Waals surface area (Å²) >= 11 is 8.61. The monoisotopic (exact) mass is 301 g/mol. The lowest BCUT2D eigenvalue weighted by molar-refractivity contribution is 0.523. The summed E-state index contributed by atoms with van der Waals surface area (Å²) in [5.74, 6) is 0.461. The van der Waals surface area contributed by atoms with Gasteiger partial charge in [-0.25, -0.2) is 0 Å².